The number of fused-ring (bicyclic) bond motifs is 10. The molecule has 0 N–H and O–H groups in total. The Balaban J connectivity index is 1.42. The Labute approximate surface area is 236 Å². The van der Waals surface area contributed by atoms with E-state index in [1.807, 2.05) is 24.3 Å². The molecular weight excluding hydrogens is 502 g/mol. The maximum atomic E-state index is 6.64. The molecule has 0 radical (unpaired) electrons. The van der Waals surface area contributed by atoms with E-state index in [2.05, 4.69) is 109 Å². The Kier molecular flexibility index (Phi) is 4.36. The summed E-state index contributed by atoms with van der Waals surface area (Å²) in [4.78, 5) is 10.4. The molecule has 4 heteroatoms. The number of furan rings is 1. The van der Waals surface area contributed by atoms with E-state index in [4.69, 9.17) is 14.4 Å². The van der Waals surface area contributed by atoms with Crippen LogP contribution in [-0.2, 0) is 5.41 Å². The first-order valence-corrected chi connectivity index (χ1v) is 14.0. The van der Waals surface area contributed by atoms with Crippen molar-refractivity contribution in [1.82, 2.24) is 14.5 Å². The van der Waals surface area contributed by atoms with Crippen molar-refractivity contribution >= 4 is 43.7 Å². The minimum Gasteiger partial charge on any atom is -0.456 e. The van der Waals surface area contributed by atoms with E-state index in [9.17, 15) is 0 Å². The summed E-state index contributed by atoms with van der Waals surface area (Å²) in [6.45, 7) is 4.62. The lowest BCUT2D eigenvalue weighted by molar-refractivity contribution is 0.619. The summed E-state index contributed by atoms with van der Waals surface area (Å²) in [5, 5.41) is 4.58. The van der Waals surface area contributed by atoms with Crippen molar-refractivity contribution in [2.24, 2.45) is 0 Å². The van der Waals surface area contributed by atoms with Gasteiger partial charge in [0.2, 0.25) is 5.95 Å². The molecule has 5 aromatic carbocycles. The highest BCUT2D eigenvalue weighted by Crippen LogP contribution is 2.56. The van der Waals surface area contributed by atoms with Crippen LogP contribution in [0.25, 0.3) is 72.2 Å². The Hall–Kier alpha value is -5.22. The molecule has 4 nitrogen and oxygen atoms in total. The molecule has 0 saturated carbocycles. The quantitative estimate of drug-likeness (QED) is 0.225. The average molecular weight is 528 g/mol. The Morgan fingerprint density at radius 3 is 2.20 bits per heavy atom. The van der Waals surface area contributed by atoms with Gasteiger partial charge in [0.25, 0.3) is 0 Å². The van der Waals surface area contributed by atoms with E-state index < -0.39 is 0 Å². The Bertz CT molecular complexity index is 2340. The van der Waals surface area contributed by atoms with E-state index in [1.165, 1.54) is 32.8 Å². The van der Waals surface area contributed by atoms with Gasteiger partial charge in [-0.25, -0.2) is 9.97 Å². The number of benzene rings is 5. The summed E-state index contributed by atoms with van der Waals surface area (Å²) in [7, 11) is 0. The van der Waals surface area contributed by atoms with Gasteiger partial charge in [-0.1, -0.05) is 105 Å². The predicted octanol–water partition coefficient (Wildman–Crippen LogP) is 9.45. The lowest BCUT2D eigenvalue weighted by Gasteiger charge is -2.21. The zero-order chi connectivity index (χ0) is 27.3. The van der Waals surface area contributed by atoms with Gasteiger partial charge in [0, 0.05) is 43.7 Å². The highest BCUT2D eigenvalue weighted by atomic mass is 16.3. The van der Waals surface area contributed by atoms with Crippen LogP contribution in [0.3, 0.4) is 0 Å². The summed E-state index contributed by atoms with van der Waals surface area (Å²) in [5.41, 5.74) is 9.55. The molecule has 0 saturated heterocycles. The van der Waals surface area contributed by atoms with E-state index in [0.29, 0.717) is 5.95 Å². The van der Waals surface area contributed by atoms with E-state index >= 15 is 0 Å². The minimum absolute atomic E-state index is 0.186. The van der Waals surface area contributed by atoms with Gasteiger partial charge in [0.15, 0.2) is 0 Å². The van der Waals surface area contributed by atoms with Gasteiger partial charge in [-0.15, -0.1) is 0 Å². The summed E-state index contributed by atoms with van der Waals surface area (Å²) < 4.78 is 8.86. The van der Waals surface area contributed by atoms with Crippen molar-refractivity contribution < 1.29 is 4.42 Å². The van der Waals surface area contributed by atoms with Crippen molar-refractivity contribution in [2.75, 3.05) is 0 Å². The molecule has 1 aliphatic rings. The molecule has 8 aromatic rings. The minimum atomic E-state index is -0.186. The van der Waals surface area contributed by atoms with E-state index in [-0.39, 0.29) is 5.41 Å². The molecule has 3 aromatic heterocycles. The standard InChI is InChI=1S/C37H25N3O/c1-37(2)26-20-21-29-31(32(26)35-33(37)25-16-8-11-19-30(25)41-35)24-15-7-10-18-28(24)40(29)36-38-27-17-9-6-14-23(27)34(39-36)22-12-4-3-5-13-22/h3-21H,1-2H3. The number of aromatic nitrogens is 3. The van der Waals surface area contributed by atoms with Gasteiger partial charge in [-0.2, -0.15) is 0 Å². The number of hydrogen-bond donors (Lipinski definition) is 0. The number of rotatable bonds is 2. The zero-order valence-electron chi connectivity index (χ0n) is 22.7. The van der Waals surface area contributed by atoms with Crippen LogP contribution in [0.4, 0.5) is 0 Å². The fourth-order valence-corrected chi connectivity index (χ4v) is 6.99. The first-order valence-electron chi connectivity index (χ1n) is 14.0. The molecular formula is C37H25N3O. The summed E-state index contributed by atoms with van der Waals surface area (Å²) in [5.74, 6) is 1.64. The van der Waals surface area contributed by atoms with Crippen LogP contribution in [0.2, 0.25) is 0 Å². The fraction of sp³-hybridized carbons (Fsp3) is 0.0811. The number of hydrogen-bond acceptors (Lipinski definition) is 3. The smallest absolute Gasteiger partial charge is 0.235 e. The van der Waals surface area contributed by atoms with Crippen LogP contribution in [-0.4, -0.2) is 14.5 Å². The van der Waals surface area contributed by atoms with Gasteiger partial charge in [-0.3, -0.25) is 4.57 Å². The second-order valence-electron chi connectivity index (χ2n) is 11.4. The molecule has 0 fully saturated rings. The maximum absolute atomic E-state index is 6.64. The van der Waals surface area contributed by atoms with E-state index in [1.54, 1.807) is 0 Å². The van der Waals surface area contributed by atoms with Crippen LogP contribution >= 0.6 is 0 Å². The zero-order valence-corrected chi connectivity index (χ0v) is 22.7. The lowest BCUT2D eigenvalue weighted by Crippen LogP contribution is -2.14. The summed E-state index contributed by atoms with van der Waals surface area (Å²) in [6, 6.07) is 40.1. The molecule has 1 aliphatic carbocycles. The Morgan fingerprint density at radius 1 is 0.634 bits per heavy atom. The first-order chi connectivity index (χ1) is 20.1. The van der Waals surface area contributed by atoms with Gasteiger partial charge in [0.1, 0.15) is 11.3 Å². The second kappa shape index (κ2) is 7.92. The van der Waals surface area contributed by atoms with Crippen LogP contribution in [0.1, 0.15) is 25.0 Å². The largest absolute Gasteiger partial charge is 0.456 e. The van der Waals surface area contributed by atoms with Gasteiger partial charge in [0.05, 0.1) is 22.2 Å². The third-order valence-corrected chi connectivity index (χ3v) is 8.80. The predicted molar refractivity (Wildman–Crippen MR) is 167 cm³/mol. The Morgan fingerprint density at radius 2 is 1.34 bits per heavy atom. The van der Waals surface area contributed by atoms with Gasteiger partial charge >= 0.3 is 0 Å². The summed E-state index contributed by atoms with van der Waals surface area (Å²) in [6.07, 6.45) is 0. The van der Waals surface area contributed by atoms with Crippen molar-refractivity contribution in [3.63, 3.8) is 0 Å². The normalized spacial score (nSPS) is 13.8. The van der Waals surface area contributed by atoms with Crippen LogP contribution < -0.4 is 0 Å². The van der Waals surface area contributed by atoms with Crippen LogP contribution in [0.15, 0.2) is 120 Å². The molecule has 0 spiro atoms. The third kappa shape index (κ3) is 2.94. The molecule has 9 rings (SSSR count). The van der Waals surface area contributed by atoms with Gasteiger partial charge < -0.3 is 4.42 Å². The highest BCUT2D eigenvalue weighted by molar-refractivity contribution is 6.18. The second-order valence-corrected chi connectivity index (χ2v) is 11.4. The topological polar surface area (TPSA) is 43.9 Å². The monoisotopic (exact) mass is 527 g/mol. The molecule has 3 heterocycles. The lowest BCUT2D eigenvalue weighted by atomic mass is 9.81. The fourth-order valence-electron chi connectivity index (χ4n) is 6.99. The highest BCUT2D eigenvalue weighted by Gasteiger charge is 2.42. The molecule has 0 atom stereocenters. The number of para-hydroxylation sites is 3. The average Bonchev–Trinajstić information content (AvgIpc) is 3.63. The SMILES string of the molecule is CC1(C)c2ccc3c(c2-c2oc4ccccc4c21)c1ccccc1n3-c1nc(-c2ccccc2)c2ccccc2n1. The molecule has 41 heavy (non-hydrogen) atoms. The molecule has 0 unspecified atom stereocenters. The van der Waals surface area contributed by atoms with Crippen LogP contribution in [0, 0.1) is 0 Å². The van der Waals surface area contributed by atoms with E-state index in [0.717, 1.165) is 44.5 Å². The number of nitrogens with zero attached hydrogens (tertiary/aromatic N) is 3. The van der Waals surface area contributed by atoms with Gasteiger partial charge in [-0.05, 0) is 29.8 Å². The maximum Gasteiger partial charge on any atom is 0.235 e. The third-order valence-electron chi connectivity index (χ3n) is 8.80. The molecule has 0 amide bonds. The van der Waals surface area contributed by atoms with Crippen molar-refractivity contribution in [3.05, 3.63) is 126 Å². The molecule has 0 aliphatic heterocycles. The first kappa shape index (κ1) is 22.6. The summed E-state index contributed by atoms with van der Waals surface area (Å²) >= 11 is 0. The van der Waals surface area contributed by atoms with Crippen molar-refractivity contribution in [2.45, 2.75) is 19.3 Å². The molecule has 194 valence electrons. The van der Waals surface area contributed by atoms with Crippen LogP contribution in [0.5, 0.6) is 0 Å². The van der Waals surface area contributed by atoms with Crippen molar-refractivity contribution in [3.8, 4) is 28.5 Å². The van der Waals surface area contributed by atoms with Crippen molar-refractivity contribution in [1.29, 1.82) is 0 Å². The molecule has 0 bridgehead atoms.